The Kier molecular flexibility index (Phi) is 5.92. The summed E-state index contributed by atoms with van der Waals surface area (Å²) in [6.07, 6.45) is 0. The first kappa shape index (κ1) is 20.7. The molecule has 1 unspecified atom stereocenters. The maximum atomic E-state index is 13.6. The Morgan fingerprint density at radius 2 is 1.50 bits per heavy atom. The van der Waals surface area contributed by atoms with Crippen LogP contribution in [0.1, 0.15) is 18.1 Å². The van der Waals surface area contributed by atoms with Gasteiger partial charge in [0.1, 0.15) is 0 Å². The van der Waals surface area contributed by atoms with Crippen LogP contribution < -0.4 is 0 Å². The molecule has 1 amide bonds. The molecule has 2 aromatic heterocycles. The Morgan fingerprint density at radius 1 is 0.906 bits per heavy atom. The van der Waals surface area contributed by atoms with Gasteiger partial charge in [0.25, 0.3) is 0 Å². The molecule has 7 heteroatoms. The minimum Gasteiger partial charge on any atom is -0.333 e. The van der Waals surface area contributed by atoms with E-state index >= 15 is 0 Å². The number of hydrogen-bond acceptors (Lipinski definition) is 5. The zero-order valence-corrected chi connectivity index (χ0v) is 19.2. The van der Waals surface area contributed by atoms with Crippen LogP contribution in [0.5, 0.6) is 0 Å². The molecule has 0 aliphatic heterocycles. The van der Waals surface area contributed by atoms with Crippen LogP contribution in [0.2, 0.25) is 0 Å². The average Bonchev–Trinajstić information content (AvgIpc) is 3.39. The minimum absolute atomic E-state index is 0.0824. The highest BCUT2D eigenvalue weighted by Crippen LogP contribution is 2.31. The van der Waals surface area contributed by atoms with Gasteiger partial charge in [-0.1, -0.05) is 95.9 Å². The summed E-state index contributed by atoms with van der Waals surface area (Å²) in [5.74, 6) is 0.0824. The van der Waals surface area contributed by atoms with E-state index in [1.54, 1.807) is 11.3 Å². The molecule has 0 saturated carbocycles. The second kappa shape index (κ2) is 9.14. The average molecular weight is 459 g/mol. The molecular formula is C25H22N4OS2. The van der Waals surface area contributed by atoms with Crippen LogP contribution in [0.4, 0.5) is 0 Å². The topological polar surface area (TPSA) is 50.5 Å². The lowest BCUT2D eigenvalue weighted by atomic mass is 10.1. The van der Waals surface area contributed by atoms with Crippen LogP contribution in [0.3, 0.4) is 0 Å². The third kappa shape index (κ3) is 4.26. The molecule has 0 aliphatic carbocycles. The van der Waals surface area contributed by atoms with Gasteiger partial charge in [0.05, 0.1) is 15.5 Å². The van der Waals surface area contributed by atoms with Gasteiger partial charge >= 0.3 is 0 Å². The molecular weight excluding hydrogens is 436 g/mol. The fraction of sp³-hybridized carbons (Fsp3) is 0.160. The predicted molar refractivity (Wildman–Crippen MR) is 131 cm³/mol. The van der Waals surface area contributed by atoms with Crippen LogP contribution >= 0.6 is 23.1 Å². The summed E-state index contributed by atoms with van der Waals surface area (Å²) in [5, 5.41) is 9.16. The molecule has 0 N–H and O–H groups in total. The van der Waals surface area contributed by atoms with Gasteiger partial charge in [-0.15, -0.1) is 10.2 Å². The Balaban J connectivity index is 1.40. The number of amides is 1. The van der Waals surface area contributed by atoms with Crippen molar-refractivity contribution >= 4 is 44.2 Å². The first-order valence-corrected chi connectivity index (χ1v) is 12.1. The van der Waals surface area contributed by atoms with Crippen LogP contribution in [-0.4, -0.2) is 30.7 Å². The molecule has 1 atom stereocenters. The fourth-order valence-corrected chi connectivity index (χ4v) is 5.68. The van der Waals surface area contributed by atoms with Crippen molar-refractivity contribution in [2.75, 3.05) is 0 Å². The fourth-order valence-electron chi connectivity index (χ4n) is 3.72. The lowest BCUT2D eigenvalue weighted by Gasteiger charge is -2.25. The first-order chi connectivity index (χ1) is 15.7. The van der Waals surface area contributed by atoms with Gasteiger partial charge in [-0.3, -0.25) is 9.20 Å². The Hall–Kier alpha value is -3.16. The van der Waals surface area contributed by atoms with Gasteiger partial charge in [-0.25, -0.2) is 0 Å². The van der Waals surface area contributed by atoms with Crippen molar-refractivity contribution in [3.05, 3.63) is 96.1 Å². The molecule has 160 valence electrons. The zero-order chi connectivity index (χ0) is 21.9. The highest BCUT2D eigenvalue weighted by Gasteiger charge is 2.25. The highest BCUT2D eigenvalue weighted by molar-refractivity contribution is 8.00. The number of carbonyl (C=O) groups excluding carboxylic acids is 1. The van der Waals surface area contributed by atoms with E-state index in [0.29, 0.717) is 13.1 Å². The van der Waals surface area contributed by atoms with E-state index in [0.717, 1.165) is 31.5 Å². The van der Waals surface area contributed by atoms with Gasteiger partial charge in [0.15, 0.2) is 5.16 Å². The molecule has 0 fully saturated rings. The number of hydrogen-bond donors (Lipinski definition) is 0. The van der Waals surface area contributed by atoms with E-state index in [2.05, 4.69) is 46.6 Å². The third-order valence-corrected chi connectivity index (χ3v) is 7.33. The summed E-state index contributed by atoms with van der Waals surface area (Å²) in [6, 6.07) is 28.4. The maximum absolute atomic E-state index is 13.6. The second-order valence-electron chi connectivity index (χ2n) is 7.60. The van der Waals surface area contributed by atoms with Crippen molar-refractivity contribution in [2.24, 2.45) is 0 Å². The number of rotatable bonds is 7. The SMILES string of the molecule is CC(Sc1nnc2sc3ccccc3n12)C(=O)N(Cc1ccccc1)Cc1ccccc1. The Morgan fingerprint density at radius 3 is 2.16 bits per heavy atom. The molecule has 5 aromatic rings. The number of thiazole rings is 1. The zero-order valence-electron chi connectivity index (χ0n) is 17.6. The van der Waals surface area contributed by atoms with Gasteiger partial charge < -0.3 is 4.90 Å². The van der Waals surface area contributed by atoms with Crippen molar-refractivity contribution in [3.8, 4) is 0 Å². The van der Waals surface area contributed by atoms with Gasteiger partial charge in [0, 0.05) is 13.1 Å². The van der Waals surface area contributed by atoms with Crippen LogP contribution in [0.15, 0.2) is 90.1 Å². The van der Waals surface area contributed by atoms with Crippen molar-refractivity contribution < 1.29 is 4.79 Å². The largest absolute Gasteiger partial charge is 0.333 e. The van der Waals surface area contributed by atoms with E-state index < -0.39 is 0 Å². The lowest BCUT2D eigenvalue weighted by Crippen LogP contribution is -2.35. The monoisotopic (exact) mass is 458 g/mol. The van der Waals surface area contributed by atoms with Crippen molar-refractivity contribution in [1.29, 1.82) is 0 Å². The summed E-state index contributed by atoms with van der Waals surface area (Å²) < 4.78 is 3.21. The molecule has 0 spiro atoms. The second-order valence-corrected chi connectivity index (χ2v) is 9.91. The number of benzene rings is 3. The number of nitrogens with zero attached hydrogens (tertiary/aromatic N) is 4. The van der Waals surface area contributed by atoms with E-state index in [1.165, 1.54) is 11.8 Å². The lowest BCUT2D eigenvalue weighted by molar-refractivity contribution is -0.131. The summed E-state index contributed by atoms with van der Waals surface area (Å²) >= 11 is 3.07. The van der Waals surface area contributed by atoms with E-state index in [9.17, 15) is 4.79 Å². The number of carbonyl (C=O) groups is 1. The highest BCUT2D eigenvalue weighted by atomic mass is 32.2. The summed E-state index contributed by atoms with van der Waals surface area (Å²) in [5.41, 5.74) is 3.30. The quantitative estimate of drug-likeness (QED) is 0.296. The number of thioether (sulfide) groups is 1. The predicted octanol–water partition coefficient (Wildman–Crippen LogP) is 5.65. The molecule has 0 saturated heterocycles. The normalized spacial score (nSPS) is 12.3. The smallest absolute Gasteiger partial charge is 0.236 e. The van der Waals surface area contributed by atoms with Crippen LogP contribution in [0, 0.1) is 0 Å². The molecule has 3 aromatic carbocycles. The molecule has 5 nitrogen and oxygen atoms in total. The maximum Gasteiger partial charge on any atom is 0.236 e. The molecule has 0 radical (unpaired) electrons. The number of fused-ring (bicyclic) bond motifs is 3. The van der Waals surface area contributed by atoms with Crippen LogP contribution in [0.25, 0.3) is 15.2 Å². The molecule has 5 rings (SSSR count). The molecule has 32 heavy (non-hydrogen) atoms. The van der Waals surface area contributed by atoms with Gasteiger partial charge in [-0.05, 0) is 30.2 Å². The summed E-state index contributed by atoms with van der Waals surface area (Å²) in [7, 11) is 0. The molecule has 2 heterocycles. The Labute approximate surface area is 194 Å². The first-order valence-electron chi connectivity index (χ1n) is 10.4. The minimum atomic E-state index is -0.298. The number of para-hydroxylation sites is 1. The van der Waals surface area contributed by atoms with Gasteiger partial charge in [0.2, 0.25) is 10.9 Å². The third-order valence-electron chi connectivity index (χ3n) is 5.29. The number of aromatic nitrogens is 3. The van der Waals surface area contributed by atoms with E-state index in [-0.39, 0.29) is 11.2 Å². The van der Waals surface area contributed by atoms with Crippen LogP contribution in [-0.2, 0) is 17.9 Å². The van der Waals surface area contributed by atoms with Crippen molar-refractivity contribution in [3.63, 3.8) is 0 Å². The summed E-state index contributed by atoms with van der Waals surface area (Å²) in [4.78, 5) is 16.3. The molecule has 0 bridgehead atoms. The Bertz CT molecular complexity index is 1310. The van der Waals surface area contributed by atoms with E-state index in [4.69, 9.17) is 0 Å². The van der Waals surface area contributed by atoms with Crippen molar-refractivity contribution in [2.45, 2.75) is 30.4 Å². The van der Waals surface area contributed by atoms with Gasteiger partial charge in [-0.2, -0.15) is 0 Å². The van der Waals surface area contributed by atoms with E-state index in [1.807, 2.05) is 64.8 Å². The standard InChI is InChI=1S/C25H22N4OS2/c1-18(31-24-26-27-25-29(24)21-14-8-9-15-22(21)32-25)23(30)28(16-19-10-4-2-5-11-19)17-20-12-6-3-7-13-20/h2-15,18H,16-17H2,1H3. The van der Waals surface area contributed by atoms with Crippen molar-refractivity contribution in [1.82, 2.24) is 19.5 Å². The molecule has 0 aliphatic rings. The summed E-state index contributed by atoms with van der Waals surface area (Å²) in [6.45, 7) is 3.08.